The Labute approximate surface area is 108 Å². The average Bonchev–Trinajstić information content (AvgIpc) is 2.53. The first kappa shape index (κ1) is 12.4. The van der Waals surface area contributed by atoms with Gasteiger partial charge in [-0.1, -0.05) is 6.07 Å². The number of amides is 1. The van der Waals surface area contributed by atoms with Crippen molar-refractivity contribution in [3.05, 3.63) is 28.2 Å². The minimum Gasteiger partial charge on any atom is -0.496 e. The zero-order chi connectivity index (χ0) is 12.6. The molecule has 0 spiro atoms. The first-order valence-corrected chi connectivity index (χ1v) is 6.10. The third-order valence-corrected chi connectivity index (χ3v) is 3.64. The number of methoxy groups -OCH3 is 1. The lowest BCUT2D eigenvalue weighted by molar-refractivity contribution is -0.128. The highest BCUT2D eigenvalue weighted by atomic mass is 79.9. The minimum atomic E-state index is -0.646. The van der Waals surface area contributed by atoms with E-state index in [4.69, 9.17) is 4.74 Å². The fraction of sp³-hybridized carbons (Fsp3) is 0.417. The van der Waals surface area contributed by atoms with Gasteiger partial charge in [0.1, 0.15) is 5.75 Å². The van der Waals surface area contributed by atoms with Crippen LogP contribution >= 0.6 is 15.9 Å². The predicted molar refractivity (Wildman–Crippen MR) is 67.1 cm³/mol. The number of likely N-dealkylation sites (tertiary alicyclic amines) is 1. The molecule has 1 aliphatic rings. The molecule has 1 amide bonds. The van der Waals surface area contributed by atoms with Crippen LogP contribution in [0.2, 0.25) is 0 Å². The zero-order valence-corrected chi connectivity index (χ0v) is 11.3. The molecule has 0 aliphatic carbocycles. The molecule has 0 bridgehead atoms. The molecule has 1 aromatic rings. The molecule has 1 saturated heterocycles. The molecular formula is C12H14BrNO3. The van der Waals surface area contributed by atoms with Gasteiger partial charge in [-0.3, -0.25) is 4.79 Å². The summed E-state index contributed by atoms with van der Waals surface area (Å²) in [6.45, 7) is 0.382. The van der Waals surface area contributed by atoms with Gasteiger partial charge in [0.05, 0.1) is 23.6 Å². The van der Waals surface area contributed by atoms with E-state index in [0.717, 1.165) is 10.0 Å². The molecule has 0 saturated carbocycles. The summed E-state index contributed by atoms with van der Waals surface area (Å²) in [6.07, 6.45) is -0.646. The number of likely N-dealkylation sites (N-methyl/N-ethyl adjacent to an activating group) is 1. The van der Waals surface area contributed by atoms with Gasteiger partial charge in [0.25, 0.3) is 0 Å². The first-order chi connectivity index (χ1) is 8.04. The van der Waals surface area contributed by atoms with Crippen molar-refractivity contribution in [3.63, 3.8) is 0 Å². The summed E-state index contributed by atoms with van der Waals surface area (Å²) >= 11 is 3.38. The molecule has 5 heteroatoms. The quantitative estimate of drug-likeness (QED) is 0.897. The number of hydrogen-bond donors (Lipinski definition) is 1. The maximum Gasteiger partial charge on any atom is 0.232 e. The van der Waals surface area contributed by atoms with E-state index in [0.29, 0.717) is 12.3 Å². The molecule has 1 aliphatic heterocycles. The molecular weight excluding hydrogens is 286 g/mol. The van der Waals surface area contributed by atoms with E-state index in [9.17, 15) is 9.90 Å². The Morgan fingerprint density at radius 3 is 2.71 bits per heavy atom. The number of β-amino-alcohol motifs (C(OH)–C–C–N with tert-alkyl or cyclic N) is 1. The van der Waals surface area contributed by atoms with Crippen molar-refractivity contribution in [2.45, 2.75) is 12.0 Å². The first-order valence-electron chi connectivity index (χ1n) is 5.31. The summed E-state index contributed by atoms with van der Waals surface area (Å²) in [7, 11) is 3.28. The van der Waals surface area contributed by atoms with E-state index in [-0.39, 0.29) is 5.91 Å². The summed E-state index contributed by atoms with van der Waals surface area (Å²) in [5, 5.41) is 9.89. The van der Waals surface area contributed by atoms with Crippen LogP contribution in [-0.2, 0) is 4.79 Å². The number of halogens is 1. The molecule has 2 unspecified atom stereocenters. The van der Waals surface area contributed by atoms with Crippen LogP contribution in [0.15, 0.2) is 22.7 Å². The highest BCUT2D eigenvalue weighted by Crippen LogP contribution is 2.33. The van der Waals surface area contributed by atoms with Crippen LogP contribution in [0.4, 0.5) is 0 Å². The number of aliphatic hydroxyl groups excluding tert-OH is 1. The van der Waals surface area contributed by atoms with Crippen molar-refractivity contribution >= 4 is 21.8 Å². The third kappa shape index (κ3) is 2.17. The number of rotatable bonds is 2. The van der Waals surface area contributed by atoms with Gasteiger partial charge < -0.3 is 14.7 Å². The van der Waals surface area contributed by atoms with Crippen molar-refractivity contribution in [2.75, 3.05) is 20.7 Å². The van der Waals surface area contributed by atoms with Gasteiger partial charge in [-0.2, -0.15) is 0 Å². The van der Waals surface area contributed by atoms with Crippen molar-refractivity contribution in [3.8, 4) is 5.75 Å². The topological polar surface area (TPSA) is 49.8 Å². The van der Waals surface area contributed by atoms with Gasteiger partial charge in [-0.25, -0.2) is 0 Å². The van der Waals surface area contributed by atoms with Crippen LogP contribution in [0.5, 0.6) is 5.75 Å². The van der Waals surface area contributed by atoms with Crippen LogP contribution in [0, 0.1) is 0 Å². The van der Waals surface area contributed by atoms with Crippen LogP contribution < -0.4 is 4.74 Å². The average molecular weight is 300 g/mol. The van der Waals surface area contributed by atoms with Crippen LogP contribution in [0.3, 0.4) is 0 Å². The lowest BCUT2D eigenvalue weighted by Crippen LogP contribution is -2.21. The standard InChI is InChI=1S/C12H14BrNO3/c1-14-6-9(15)11(12(14)16)7-3-4-10(17-2)8(13)5-7/h3-5,9,11,15H,6H2,1-2H3. The lowest BCUT2D eigenvalue weighted by Gasteiger charge is -2.13. The van der Waals surface area contributed by atoms with Gasteiger partial charge in [0, 0.05) is 13.6 Å². The van der Waals surface area contributed by atoms with E-state index >= 15 is 0 Å². The van der Waals surface area contributed by atoms with Gasteiger partial charge in [-0.15, -0.1) is 0 Å². The summed E-state index contributed by atoms with van der Waals surface area (Å²) in [6, 6.07) is 5.43. The Hall–Kier alpha value is -1.07. The molecule has 1 aromatic carbocycles. The fourth-order valence-corrected chi connectivity index (χ4v) is 2.68. The largest absolute Gasteiger partial charge is 0.496 e. The van der Waals surface area contributed by atoms with E-state index in [1.807, 2.05) is 12.1 Å². The van der Waals surface area contributed by atoms with Gasteiger partial charge in [-0.05, 0) is 33.6 Å². The number of nitrogens with zero attached hydrogens (tertiary/aromatic N) is 1. The summed E-state index contributed by atoms with van der Waals surface area (Å²) < 4.78 is 5.92. The Morgan fingerprint density at radius 1 is 1.53 bits per heavy atom. The van der Waals surface area contributed by atoms with E-state index in [1.54, 1.807) is 25.1 Å². The third-order valence-electron chi connectivity index (χ3n) is 3.02. The second-order valence-electron chi connectivity index (χ2n) is 4.16. The molecule has 4 nitrogen and oxygen atoms in total. The molecule has 2 rings (SSSR count). The molecule has 1 fully saturated rings. The fourth-order valence-electron chi connectivity index (χ4n) is 2.12. The molecule has 1 heterocycles. The monoisotopic (exact) mass is 299 g/mol. The number of carbonyl (C=O) groups excluding carboxylic acids is 1. The summed E-state index contributed by atoms with van der Waals surface area (Å²) in [4.78, 5) is 13.5. The van der Waals surface area contributed by atoms with Gasteiger partial charge >= 0.3 is 0 Å². The Morgan fingerprint density at radius 2 is 2.24 bits per heavy atom. The highest BCUT2D eigenvalue weighted by Gasteiger charge is 2.38. The number of aliphatic hydroxyl groups is 1. The SMILES string of the molecule is COc1ccc(C2C(=O)N(C)CC2O)cc1Br. The Bertz CT molecular complexity index is 449. The van der Waals surface area contributed by atoms with E-state index < -0.39 is 12.0 Å². The molecule has 2 atom stereocenters. The molecule has 17 heavy (non-hydrogen) atoms. The second kappa shape index (κ2) is 4.66. The van der Waals surface area contributed by atoms with Crippen molar-refractivity contribution in [1.29, 1.82) is 0 Å². The zero-order valence-electron chi connectivity index (χ0n) is 9.68. The highest BCUT2D eigenvalue weighted by molar-refractivity contribution is 9.10. The molecule has 1 N–H and O–H groups in total. The van der Waals surface area contributed by atoms with Crippen LogP contribution in [0.1, 0.15) is 11.5 Å². The predicted octanol–water partition coefficient (Wildman–Crippen LogP) is 1.37. The van der Waals surface area contributed by atoms with E-state index in [1.165, 1.54) is 0 Å². The molecule has 92 valence electrons. The molecule has 0 radical (unpaired) electrons. The summed E-state index contributed by atoms with van der Waals surface area (Å²) in [5.41, 5.74) is 0.805. The van der Waals surface area contributed by atoms with Crippen LogP contribution in [-0.4, -0.2) is 42.7 Å². The summed E-state index contributed by atoms with van der Waals surface area (Å²) in [5.74, 6) is 0.193. The number of carbonyl (C=O) groups is 1. The van der Waals surface area contributed by atoms with Crippen LogP contribution in [0.25, 0.3) is 0 Å². The second-order valence-corrected chi connectivity index (χ2v) is 5.01. The minimum absolute atomic E-state index is 0.0467. The van der Waals surface area contributed by atoms with Gasteiger partial charge in [0.15, 0.2) is 0 Å². The number of hydrogen-bond acceptors (Lipinski definition) is 3. The van der Waals surface area contributed by atoms with Crippen molar-refractivity contribution in [2.24, 2.45) is 0 Å². The van der Waals surface area contributed by atoms with Crippen molar-refractivity contribution < 1.29 is 14.6 Å². The molecule has 0 aromatic heterocycles. The number of ether oxygens (including phenoxy) is 1. The lowest BCUT2D eigenvalue weighted by atomic mass is 9.95. The maximum atomic E-state index is 11.9. The maximum absolute atomic E-state index is 11.9. The Kier molecular flexibility index (Phi) is 3.40. The van der Waals surface area contributed by atoms with Gasteiger partial charge in [0.2, 0.25) is 5.91 Å². The number of benzene rings is 1. The Balaban J connectivity index is 2.34. The normalized spacial score (nSPS) is 24.2. The van der Waals surface area contributed by atoms with Crippen molar-refractivity contribution in [1.82, 2.24) is 4.90 Å². The van der Waals surface area contributed by atoms with E-state index in [2.05, 4.69) is 15.9 Å². The smallest absolute Gasteiger partial charge is 0.232 e.